The van der Waals surface area contributed by atoms with Crippen LogP contribution in [0.3, 0.4) is 0 Å². The number of hydrogen-bond acceptors (Lipinski definition) is 16. The molecule has 1 atom stereocenters. The van der Waals surface area contributed by atoms with E-state index in [1.165, 1.54) is 0 Å². The summed E-state index contributed by atoms with van der Waals surface area (Å²) >= 11 is 3.62. The molecular weight excluding hydrogens is 1010 g/mol. The van der Waals surface area contributed by atoms with E-state index in [9.17, 15) is 23.7 Å². The molecule has 21 heteroatoms. The van der Waals surface area contributed by atoms with Crippen LogP contribution >= 0.6 is 23.1 Å². The van der Waals surface area contributed by atoms with Gasteiger partial charge in [-0.05, 0) is 129 Å². The molecule has 0 saturated carbocycles. The summed E-state index contributed by atoms with van der Waals surface area (Å²) in [5.41, 5.74) is 7.27. The summed E-state index contributed by atoms with van der Waals surface area (Å²) in [6.45, 7) is 8.99. The highest BCUT2D eigenvalue weighted by atomic mass is 79.9. The zero-order valence-electron chi connectivity index (χ0n) is 41.2. The first-order valence-electron chi connectivity index (χ1n) is 24.8. The van der Waals surface area contributed by atoms with Gasteiger partial charge in [-0.3, -0.25) is 44.0 Å². The van der Waals surface area contributed by atoms with Crippen molar-refractivity contribution in [3.05, 3.63) is 89.0 Å². The Morgan fingerprint density at radius 2 is 1.60 bits per heavy atom. The van der Waals surface area contributed by atoms with Gasteiger partial charge in [0.1, 0.15) is 30.3 Å². The van der Waals surface area contributed by atoms with Crippen molar-refractivity contribution in [1.29, 1.82) is 0 Å². The molecular formula is C52H57BrN13O6P. The Kier molecular flexibility index (Phi) is 12.8. The maximum absolute atomic E-state index is 13.7. The van der Waals surface area contributed by atoms with Gasteiger partial charge in [-0.15, -0.1) is 0 Å². The fourth-order valence-corrected chi connectivity index (χ4v) is 13.3. The molecule has 8 heterocycles. The van der Waals surface area contributed by atoms with E-state index in [2.05, 4.69) is 78.8 Å². The second kappa shape index (κ2) is 19.3. The lowest BCUT2D eigenvalue weighted by atomic mass is 9.72. The SMILES string of the molecule is COc1cc(N2CCC(N3CCC4(CCCN(c5ccc6c(c5)C(=O)N(C5CCC(=O)NC5=O)C6=O)C4)CC3)CC2)c(-c2cnn(C)c2)cc1Nc1ncc(Br)c(Nc2ccc3nccnc3c2P(C)(C)=O)n1. The van der Waals surface area contributed by atoms with Gasteiger partial charge in [0.2, 0.25) is 17.8 Å². The van der Waals surface area contributed by atoms with E-state index >= 15 is 0 Å². The van der Waals surface area contributed by atoms with Crippen LogP contribution < -0.4 is 35.8 Å². The molecule has 5 aliphatic rings. The summed E-state index contributed by atoms with van der Waals surface area (Å²) in [4.78, 5) is 78.4. The van der Waals surface area contributed by atoms with Crippen molar-refractivity contribution in [2.24, 2.45) is 12.5 Å². The molecule has 378 valence electrons. The van der Waals surface area contributed by atoms with Crippen molar-refractivity contribution in [1.82, 2.24) is 44.8 Å². The number of likely N-dealkylation sites (tertiary alicyclic amines) is 1. The van der Waals surface area contributed by atoms with E-state index in [1.807, 2.05) is 43.7 Å². The number of methoxy groups -OCH3 is 1. The van der Waals surface area contributed by atoms with Gasteiger partial charge in [-0.1, -0.05) is 0 Å². The van der Waals surface area contributed by atoms with E-state index in [4.69, 9.17) is 9.72 Å². The average Bonchev–Trinajstić information content (AvgIpc) is 3.93. The standard InChI is InChI=1S/C52H57BrN13O6P/c1-62-29-31(27-57-62)35-25-40(59-51-56-28-37(53)47(61-51)58-39-9-8-38-45(55-18-17-54-38)46(39)73(3,4)71)43(72-2)26-42(35)64-20-12-32(13-21-64)63-22-15-52(16-23-63)14-5-19-65(30-52)33-6-7-34-36(24-33)50(70)66(49(34)69)41-10-11-44(67)60-48(41)68/h6-9,17-18,24-29,32,41H,5,10-16,19-23,30H2,1-4H3,(H,60,67,68)(H2,56,58,59,61). The number of fused-ring (bicyclic) bond motifs is 2. The van der Waals surface area contributed by atoms with Crippen LogP contribution in [0.4, 0.5) is 34.5 Å². The monoisotopic (exact) mass is 1070 g/mol. The number of anilines is 6. The van der Waals surface area contributed by atoms with Gasteiger partial charge in [0.05, 0.1) is 51.1 Å². The molecule has 6 aromatic rings. The highest BCUT2D eigenvalue weighted by Gasteiger charge is 2.46. The van der Waals surface area contributed by atoms with Crippen LogP contribution in [0.5, 0.6) is 5.75 Å². The highest BCUT2D eigenvalue weighted by Crippen LogP contribution is 2.46. The topological polar surface area (TPSA) is 213 Å². The van der Waals surface area contributed by atoms with Crippen molar-refractivity contribution in [3.63, 3.8) is 0 Å². The van der Waals surface area contributed by atoms with Crippen LogP contribution in [0.2, 0.25) is 0 Å². The molecule has 3 aromatic heterocycles. The Balaban J connectivity index is 0.759. The fourth-order valence-electron chi connectivity index (χ4n) is 11.6. The van der Waals surface area contributed by atoms with Crippen molar-refractivity contribution in [2.45, 2.75) is 63.5 Å². The molecule has 11 rings (SSSR count). The van der Waals surface area contributed by atoms with Gasteiger partial charge in [0, 0.05) is 99.0 Å². The van der Waals surface area contributed by atoms with Gasteiger partial charge in [0.25, 0.3) is 11.8 Å². The number of carbonyl (C=O) groups is 4. The molecule has 4 amide bonds. The Hall–Kier alpha value is -6.76. The summed E-state index contributed by atoms with van der Waals surface area (Å²) in [6.07, 6.45) is 15.4. The first-order valence-corrected chi connectivity index (χ1v) is 28.2. The minimum Gasteiger partial charge on any atom is -0.494 e. The smallest absolute Gasteiger partial charge is 0.262 e. The molecule has 0 radical (unpaired) electrons. The number of nitrogens with zero attached hydrogens (tertiary/aromatic N) is 10. The normalized spacial score (nSPS) is 19.7. The Morgan fingerprint density at radius 1 is 0.822 bits per heavy atom. The zero-order valence-corrected chi connectivity index (χ0v) is 43.7. The van der Waals surface area contributed by atoms with Crippen LogP contribution in [-0.2, 0) is 21.2 Å². The Morgan fingerprint density at radius 3 is 2.34 bits per heavy atom. The number of rotatable bonds is 11. The van der Waals surface area contributed by atoms with E-state index < -0.39 is 36.8 Å². The third kappa shape index (κ3) is 9.33. The lowest BCUT2D eigenvalue weighted by Gasteiger charge is -2.50. The van der Waals surface area contributed by atoms with E-state index in [0.717, 1.165) is 105 Å². The number of nitrogens with one attached hydrogen (secondary N) is 3. The number of halogens is 1. The molecule has 0 aliphatic carbocycles. The van der Waals surface area contributed by atoms with Gasteiger partial charge in [0.15, 0.2) is 0 Å². The number of piperidine rings is 4. The first kappa shape index (κ1) is 48.5. The second-order valence-corrected chi connectivity index (χ2v) is 24.3. The molecule has 3 aromatic carbocycles. The number of carbonyl (C=O) groups excluding carboxylic acids is 4. The number of aryl methyl sites for hydroxylation is 1. The van der Waals surface area contributed by atoms with Crippen molar-refractivity contribution >= 4 is 97.6 Å². The number of benzene rings is 3. The predicted molar refractivity (Wildman–Crippen MR) is 283 cm³/mol. The summed E-state index contributed by atoms with van der Waals surface area (Å²) in [6, 6.07) is 12.8. The van der Waals surface area contributed by atoms with Crippen molar-refractivity contribution < 1.29 is 28.5 Å². The van der Waals surface area contributed by atoms with Gasteiger partial charge < -0.3 is 34.6 Å². The Bertz CT molecular complexity index is 3260. The van der Waals surface area contributed by atoms with Crippen molar-refractivity contribution in [3.8, 4) is 16.9 Å². The number of ether oxygens (including phenoxy) is 1. The largest absolute Gasteiger partial charge is 0.494 e. The molecule has 4 saturated heterocycles. The minimum atomic E-state index is -2.82. The van der Waals surface area contributed by atoms with E-state index in [1.54, 1.807) is 49.8 Å². The van der Waals surface area contributed by atoms with Gasteiger partial charge in [-0.2, -0.15) is 10.1 Å². The van der Waals surface area contributed by atoms with Crippen LogP contribution in [0.25, 0.3) is 22.2 Å². The summed E-state index contributed by atoms with van der Waals surface area (Å²) in [5.74, 6) is -0.516. The summed E-state index contributed by atoms with van der Waals surface area (Å²) < 4.78 is 22.1. The fraction of sp³-hybridized carbons (Fsp3) is 0.404. The van der Waals surface area contributed by atoms with Crippen LogP contribution in [0.15, 0.2) is 77.9 Å². The second-order valence-electron chi connectivity index (χ2n) is 20.3. The third-order valence-corrected chi connectivity index (χ3v) is 17.5. The molecule has 73 heavy (non-hydrogen) atoms. The number of hydrogen-bond donors (Lipinski definition) is 3. The Labute approximate surface area is 431 Å². The highest BCUT2D eigenvalue weighted by molar-refractivity contribution is 9.10. The van der Waals surface area contributed by atoms with E-state index in [0.29, 0.717) is 66.9 Å². The number of amides is 4. The third-order valence-electron chi connectivity index (χ3n) is 15.4. The maximum Gasteiger partial charge on any atom is 0.262 e. The van der Waals surface area contributed by atoms with Crippen LogP contribution in [-0.4, -0.2) is 135 Å². The van der Waals surface area contributed by atoms with Crippen LogP contribution in [0.1, 0.15) is 72.1 Å². The lowest BCUT2D eigenvalue weighted by Crippen LogP contribution is -2.54. The molecule has 19 nitrogen and oxygen atoms in total. The summed E-state index contributed by atoms with van der Waals surface area (Å²) in [5, 5.41) is 14.2. The molecule has 1 spiro atoms. The molecule has 4 fully saturated rings. The number of imide groups is 2. The minimum absolute atomic E-state index is 0.0873. The average molecular weight is 1070 g/mol. The molecule has 5 aliphatic heterocycles. The van der Waals surface area contributed by atoms with Gasteiger partial charge >= 0.3 is 0 Å². The quantitative estimate of drug-likeness (QED) is 0.0874. The number of aromatic nitrogens is 6. The molecule has 3 N–H and O–H groups in total. The lowest BCUT2D eigenvalue weighted by molar-refractivity contribution is -0.136. The molecule has 0 bridgehead atoms. The maximum atomic E-state index is 13.7. The van der Waals surface area contributed by atoms with Gasteiger partial charge in [-0.25, -0.2) is 4.98 Å². The zero-order chi connectivity index (χ0) is 50.8. The van der Waals surface area contributed by atoms with Crippen LogP contribution in [0, 0.1) is 5.41 Å². The van der Waals surface area contributed by atoms with E-state index in [-0.39, 0.29) is 18.3 Å². The van der Waals surface area contributed by atoms with Crippen molar-refractivity contribution in [2.75, 3.05) is 80.1 Å². The first-order chi connectivity index (χ1) is 35.1. The summed E-state index contributed by atoms with van der Waals surface area (Å²) in [7, 11) is 0.759. The predicted octanol–water partition coefficient (Wildman–Crippen LogP) is 7.08. The molecule has 1 unspecified atom stereocenters.